The Morgan fingerprint density at radius 1 is 0.905 bits per heavy atom. The molecule has 1 N–H and O–H groups in total. The maximum atomic E-state index is 5.73. The Morgan fingerprint density at radius 3 is 2.81 bits per heavy atom. The van der Waals surface area contributed by atoms with Gasteiger partial charge in [0.15, 0.2) is 11.5 Å². The number of hydrogen-bond donors (Lipinski definition) is 1. The lowest BCUT2D eigenvalue weighted by Crippen LogP contribution is -2.17. The number of fused-ring (bicyclic) bond motifs is 2. The number of anilines is 1. The van der Waals surface area contributed by atoms with Crippen LogP contribution in [0.15, 0.2) is 36.4 Å². The van der Waals surface area contributed by atoms with Gasteiger partial charge in [0.1, 0.15) is 19.0 Å². The van der Waals surface area contributed by atoms with Crippen LogP contribution in [0.3, 0.4) is 0 Å². The van der Waals surface area contributed by atoms with Crippen LogP contribution in [0.2, 0.25) is 0 Å². The fourth-order valence-corrected chi connectivity index (χ4v) is 2.77. The lowest BCUT2D eigenvalue weighted by molar-refractivity contribution is 0.170. The fraction of sp³-hybridized carbons (Fsp3) is 0.294. The van der Waals surface area contributed by atoms with Crippen LogP contribution in [0, 0.1) is 0 Å². The predicted molar refractivity (Wildman–Crippen MR) is 80.4 cm³/mol. The lowest BCUT2D eigenvalue weighted by Gasteiger charge is -2.21. The highest BCUT2D eigenvalue weighted by Crippen LogP contribution is 2.34. The zero-order valence-corrected chi connectivity index (χ0v) is 11.7. The fourth-order valence-electron chi connectivity index (χ4n) is 2.77. The van der Waals surface area contributed by atoms with E-state index in [-0.39, 0.29) is 0 Å². The molecule has 0 radical (unpaired) electrons. The Bertz CT molecular complexity index is 669. The van der Waals surface area contributed by atoms with E-state index in [0.717, 1.165) is 41.5 Å². The summed E-state index contributed by atoms with van der Waals surface area (Å²) >= 11 is 0. The third-order valence-corrected chi connectivity index (χ3v) is 3.82. The highest BCUT2D eigenvalue weighted by atomic mass is 16.6. The van der Waals surface area contributed by atoms with E-state index in [4.69, 9.17) is 14.2 Å². The summed E-state index contributed by atoms with van der Waals surface area (Å²) in [4.78, 5) is 0. The quantitative estimate of drug-likeness (QED) is 0.940. The van der Waals surface area contributed by atoms with E-state index in [1.54, 1.807) is 0 Å². The van der Waals surface area contributed by atoms with E-state index in [1.807, 2.05) is 18.2 Å². The SMILES string of the molecule is c1cc(CNc2ccc3c(c2)CCO3)c2c(c1)OCCO2. The topological polar surface area (TPSA) is 39.7 Å². The average molecular weight is 283 g/mol. The zero-order chi connectivity index (χ0) is 14.1. The predicted octanol–water partition coefficient (Wildman–Crippen LogP) is 3.00. The van der Waals surface area contributed by atoms with Crippen molar-refractivity contribution in [1.82, 2.24) is 0 Å². The monoisotopic (exact) mass is 283 g/mol. The second kappa shape index (κ2) is 5.20. The summed E-state index contributed by atoms with van der Waals surface area (Å²) in [5.41, 5.74) is 3.49. The van der Waals surface area contributed by atoms with Crippen LogP contribution in [-0.2, 0) is 13.0 Å². The summed E-state index contributed by atoms with van der Waals surface area (Å²) in [5, 5.41) is 3.45. The van der Waals surface area contributed by atoms with E-state index in [1.165, 1.54) is 5.56 Å². The highest BCUT2D eigenvalue weighted by molar-refractivity contribution is 5.54. The van der Waals surface area contributed by atoms with Crippen molar-refractivity contribution in [2.24, 2.45) is 0 Å². The van der Waals surface area contributed by atoms with Gasteiger partial charge in [-0.15, -0.1) is 0 Å². The number of hydrogen-bond acceptors (Lipinski definition) is 4. The molecule has 21 heavy (non-hydrogen) atoms. The largest absolute Gasteiger partial charge is 0.493 e. The van der Waals surface area contributed by atoms with Gasteiger partial charge in [0.25, 0.3) is 0 Å². The van der Waals surface area contributed by atoms with Gasteiger partial charge in [-0.05, 0) is 29.8 Å². The van der Waals surface area contributed by atoms with Gasteiger partial charge in [-0.25, -0.2) is 0 Å². The van der Waals surface area contributed by atoms with Crippen molar-refractivity contribution in [2.45, 2.75) is 13.0 Å². The Hall–Kier alpha value is -2.36. The van der Waals surface area contributed by atoms with Crippen molar-refractivity contribution in [3.05, 3.63) is 47.5 Å². The molecule has 2 aliphatic heterocycles. The van der Waals surface area contributed by atoms with Crippen LogP contribution in [0.1, 0.15) is 11.1 Å². The Morgan fingerprint density at radius 2 is 1.81 bits per heavy atom. The molecule has 4 rings (SSSR count). The van der Waals surface area contributed by atoms with Crippen molar-refractivity contribution in [1.29, 1.82) is 0 Å². The maximum Gasteiger partial charge on any atom is 0.166 e. The Balaban J connectivity index is 1.52. The molecule has 0 atom stereocenters. The first-order valence-corrected chi connectivity index (χ1v) is 7.27. The van der Waals surface area contributed by atoms with Gasteiger partial charge < -0.3 is 19.5 Å². The van der Waals surface area contributed by atoms with Crippen molar-refractivity contribution in [2.75, 3.05) is 25.1 Å². The molecule has 2 aromatic rings. The van der Waals surface area contributed by atoms with Crippen LogP contribution < -0.4 is 19.5 Å². The minimum Gasteiger partial charge on any atom is -0.493 e. The number of ether oxygens (including phenoxy) is 3. The molecule has 0 amide bonds. The van der Waals surface area contributed by atoms with E-state index in [9.17, 15) is 0 Å². The molecule has 0 aromatic heterocycles. The van der Waals surface area contributed by atoms with E-state index < -0.39 is 0 Å². The van der Waals surface area contributed by atoms with E-state index in [0.29, 0.717) is 19.8 Å². The molecule has 0 spiro atoms. The third kappa shape index (κ3) is 2.37. The van der Waals surface area contributed by atoms with Crippen LogP contribution in [0.4, 0.5) is 5.69 Å². The third-order valence-electron chi connectivity index (χ3n) is 3.82. The van der Waals surface area contributed by atoms with E-state index in [2.05, 4.69) is 23.5 Å². The van der Waals surface area contributed by atoms with Crippen LogP contribution in [0.5, 0.6) is 17.2 Å². The summed E-state index contributed by atoms with van der Waals surface area (Å²) in [7, 11) is 0. The van der Waals surface area contributed by atoms with Gasteiger partial charge in [-0.2, -0.15) is 0 Å². The van der Waals surface area contributed by atoms with Crippen molar-refractivity contribution >= 4 is 5.69 Å². The molecule has 0 saturated heterocycles. The van der Waals surface area contributed by atoms with Crippen LogP contribution in [-0.4, -0.2) is 19.8 Å². The molecule has 4 heteroatoms. The summed E-state index contributed by atoms with van der Waals surface area (Å²) < 4.78 is 16.9. The molecule has 0 saturated carbocycles. The summed E-state index contributed by atoms with van der Waals surface area (Å²) in [6, 6.07) is 12.3. The Kier molecular flexibility index (Phi) is 3.07. The molecule has 0 fully saturated rings. The van der Waals surface area contributed by atoms with Crippen LogP contribution >= 0.6 is 0 Å². The van der Waals surface area contributed by atoms with Gasteiger partial charge in [-0.3, -0.25) is 0 Å². The second-order valence-electron chi connectivity index (χ2n) is 5.22. The minimum absolute atomic E-state index is 0.611. The number of nitrogens with one attached hydrogen (secondary N) is 1. The van der Waals surface area contributed by atoms with Crippen molar-refractivity contribution in [3.8, 4) is 17.2 Å². The summed E-state index contributed by atoms with van der Waals surface area (Å²) in [6.07, 6.45) is 0.989. The zero-order valence-electron chi connectivity index (χ0n) is 11.7. The molecule has 108 valence electrons. The van der Waals surface area contributed by atoms with Gasteiger partial charge in [-0.1, -0.05) is 12.1 Å². The molecular weight excluding hydrogens is 266 g/mol. The van der Waals surface area contributed by atoms with Crippen molar-refractivity contribution < 1.29 is 14.2 Å². The maximum absolute atomic E-state index is 5.73. The molecule has 2 heterocycles. The van der Waals surface area contributed by atoms with Crippen LogP contribution in [0.25, 0.3) is 0 Å². The molecule has 0 aliphatic carbocycles. The molecule has 2 aromatic carbocycles. The first-order chi connectivity index (χ1) is 10.4. The van der Waals surface area contributed by atoms with E-state index >= 15 is 0 Å². The first kappa shape index (κ1) is 12.4. The number of para-hydroxylation sites is 1. The number of rotatable bonds is 3. The molecule has 0 unspecified atom stereocenters. The standard InChI is InChI=1S/C17H17NO3/c1-2-13(17-16(3-1)20-8-9-21-17)11-18-14-4-5-15-12(10-14)6-7-19-15/h1-5,10,18H,6-9,11H2. The summed E-state index contributed by atoms with van der Waals surface area (Å²) in [6.45, 7) is 2.73. The molecule has 2 aliphatic rings. The normalized spacial score (nSPS) is 15.2. The molecule has 0 bridgehead atoms. The highest BCUT2D eigenvalue weighted by Gasteiger charge is 2.16. The van der Waals surface area contributed by atoms with Crippen molar-refractivity contribution in [3.63, 3.8) is 0 Å². The number of benzene rings is 2. The molecular formula is C17H17NO3. The van der Waals surface area contributed by atoms with Gasteiger partial charge in [0.2, 0.25) is 0 Å². The van der Waals surface area contributed by atoms with Gasteiger partial charge in [0, 0.05) is 24.2 Å². The summed E-state index contributed by atoms with van der Waals surface area (Å²) in [5.74, 6) is 2.71. The molecule has 4 nitrogen and oxygen atoms in total. The Labute approximate surface area is 123 Å². The first-order valence-electron chi connectivity index (χ1n) is 7.27. The van der Waals surface area contributed by atoms with Gasteiger partial charge in [0.05, 0.1) is 6.61 Å². The smallest absolute Gasteiger partial charge is 0.166 e. The second-order valence-corrected chi connectivity index (χ2v) is 5.22. The minimum atomic E-state index is 0.611. The van der Waals surface area contributed by atoms with Gasteiger partial charge >= 0.3 is 0 Å². The average Bonchev–Trinajstić information content (AvgIpc) is 3.00. The lowest BCUT2D eigenvalue weighted by atomic mass is 10.1.